The first kappa shape index (κ1) is 18.4. The Morgan fingerprint density at radius 2 is 1.52 bits per heavy atom. The van der Waals surface area contributed by atoms with Gasteiger partial charge in [-0.3, -0.25) is 0 Å². The predicted molar refractivity (Wildman–Crippen MR) is 105 cm³/mol. The summed E-state index contributed by atoms with van der Waals surface area (Å²) in [6.45, 7) is 0.430. The van der Waals surface area contributed by atoms with E-state index in [0.29, 0.717) is 23.7 Å². The summed E-state index contributed by atoms with van der Waals surface area (Å²) in [6, 6.07) is 26.1. The van der Waals surface area contributed by atoms with Crippen LogP contribution in [0.1, 0.15) is 21.7 Å². The van der Waals surface area contributed by atoms with Gasteiger partial charge in [0.1, 0.15) is 12.4 Å². The second-order valence-corrected chi connectivity index (χ2v) is 6.22. The molecule has 7 nitrogen and oxygen atoms in total. The number of para-hydroxylation sites is 1. The van der Waals surface area contributed by atoms with E-state index in [1.165, 1.54) is 4.68 Å². The van der Waals surface area contributed by atoms with Crippen molar-refractivity contribution in [2.45, 2.75) is 13.2 Å². The van der Waals surface area contributed by atoms with E-state index in [4.69, 9.17) is 9.47 Å². The summed E-state index contributed by atoms with van der Waals surface area (Å²) in [5.74, 6) is 0.660. The largest absolute Gasteiger partial charge is 0.489 e. The maximum Gasteiger partial charge on any atom is 0.338 e. The van der Waals surface area contributed by atoms with Crippen molar-refractivity contribution in [1.29, 1.82) is 0 Å². The summed E-state index contributed by atoms with van der Waals surface area (Å²) in [4.78, 5) is 12.3. The average molecular weight is 386 g/mol. The molecule has 0 radical (unpaired) electrons. The molecule has 0 saturated carbocycles. The van der Waals surface area contributed by atoms with Crippen molar-refractivity contribution in [3.63, 3.8) is 0 Å². The van der Waals surface area contributed by atoms with Gasteiger partial charge in [0.25, 0.3) is 0 Å². The maximum absolute atomic E-state index is 12.3. The highest BCUT2D eigenvalue weighted by Crippen LogP contribution is 2.16. The van der Waals surface area contributed by atoms with Gasteiger partial charge in [-0.1, -0.05) is 48.5 Å². The molecule has 0 bridgehead atoms. The number of nitrogens with zero attached hydrogens (tertiary/aromatic N) is 4. The highest BCUT2D eigenvalue weighted by Gasteiger charge is 2.13. The van der Waals surface area contributed by atoms with Gasteiger partial charge in [0.05, 0.1) is 11.3 Å². The normalized spacial score (nSPS) is 10.5. The number of rotatable bonds is 7. The summed E-state index contributed by atoms with van der Waals surface area (Å²) >= 11 is 0. The van der Waals surface area contributed by atoms with Crippen LogP contribution in [-0.4, -0.2) is 26.2 Å². The number of ether oxygens (including phenoxy) is 2. The van der Waals surface area contributed by atoms with Gasteiger partial charge in [0.2, 0.25) is 0 Å². The molecule has 4 rings (SSSR count). The number of tetrazole rings is 1. The molecular weight excluding hydrogens is 368 g/mol. The molecule has 4 aromatic rings. The SMILES string of the molecule is O=C(OCc1nnnn1-c1ccccc1)c1ccc(OCc2ccccc2)cc1. The minimum atomic E-state index is -0.456. The summed E-state index contributed by atoms with van der Waals surface area (Å²) in [5, 5.41) is 11.5. The van der Waals surface area contributed by atoms with Crippen molar-refractivity contribution < 1.29 is 14.3 Å². The van der Waals surface area contributed by atoms with E-state index in [9.17, 15) is 4.79 Å². The topological polar surface area (TPSA) is 79.1 Å². The summed E-state index contributed by atoms with van der Waals surface area (Å²) in [5.41, 5.74) is 2.30. The van der Waals surface area contributed by atoms with E-state index in [1.54, 1.807) is 24.3 Å². The monoisotopic (exact) mass is 386 g/mol. The van der Waals surface area contributed by atoms with E-state index in [0.717, 1.165) is 11.3 Å². The molecule has 0 aliphatic carbocycles. The van der Waals surface area contributed by atoms with E-state index < -0.39 is 5.97 Å². The third-order valence-corrected chi connectivity index (χ3v) is 4.21. The first-order valence-corrected chi connectivity index (χ1v) is 9.06. The summed E-state index contributed by atoms with van der Waals surface area (Å²) in [7, 11) is 0. The highest BCUT2D eigenvalue weighted by molar-refractivity contribution is 5.89. The Hall–Kier alpha value is -4.00. The first-order chi connectivity index (χ1) is 14.3. The van der Waals surface area contributed by atoms with Gasteiger partial charge in [-0.05, 0) is 52.4 Å². The molecule has 3 aromatic carbocycles. The number of esters is 1. The number of hydrogen-bond acceptors (Lipinski definition) is 6. The minimum absolute atomic E-state index is 0.0347. The first-order valence-electron chi connectivity index (χ1n) is 9.06. The lowest BCUT2D eigenvalue weighted by Gasteiger charge is -2.08. The molecule has 0 aliphatic rings. The number of benzene rings is 3. The Morgan fingerprint density at radius 1 is 0.828 bits per heavy atom. The highest BCUT2D eigenvalue weighted by atomic mass is 16.5. The zero-order valence-electron chi connectivity index (χ0n) is 15.5. The standard InChI is InChI=1S/C22H18N4O3/c27-22(29-16-21-23-24-25-26(21)19-9-5-2-6-10-19)18-11-13-20(14-12-18)28-15-17-7-3-1-4-8-17/h1-14H,15-16H2. The number of aromatic nitrogens is 4. The fourth-order valence-electron chi connectivity index (χ4n) is 2.71. The van der Waals surface area contributed by atoms with Crippen molar-refractivity contribution in [2.75, 3.05) is 0 Å². The maximum atomic E-state index is 12.3. The molecule has 144 valence electrons. The molecule has 0 spiro atoms. The van der Waals surface area contributed by atoms with Crippen molar-refractivity contribution in [2.24, 2.45) is 0 Å². The zero-order chi connectivity index (χ0) is 19.9. The fourth-order valence-corrected chi connectivity index (χ4v) is 2.71. The van der Waals surface area contributed by atoms with Gasteiger partial charge < -0.3 is 9.47 Å². The van der Waals surface area contributed by atoms with Crippen LogP contribution in [0.5, 0.6) is 5.75 Å². The molecule has 0 N–H and O–H groups in total. The number of carbonyl (C=O) groups is 1. The Balaban J connectivity index is 1.34. The van der Waals surface area contributed by atoms with E-state index in [2.05, 4.69) is 15.5 Å². The van der Waals surface area contributed by atoms with Crippen molar-refractivity contribution in [3.8, 4) is 11.4 Å². The van der Waals surface area contributed by atoms with Crippen molar-refractivity contribution >= 4 is 5.97 Å². The third kappa shape index (κ3) is 4.65. The van der Waals surface area contributed by atoms with Crippen LogP contribution in [0, 0.1) is 0 Å². The number of carbonyl (C=O) groups excluding carboxylic acids is 1. The average Bonchev–Trinajstić information content (AvgIpc) is 3.26. The molecule has 0 fully saturated rings. The van der Waals surface area contributed by atoms with E-state index >= 15 is 0 Å². The predicted octanol–water partition coefficient (Wildman–Crippen LogP) is 3.60. The molecule has 0 saturated heterocycles. The Bertz CT molecular complexity index is 1060. The van der Waals surface area contributed by atoms with Crippen LogP contribution in [0.2, 0.25) is 0 Å². The van der Waals surface area contributed by atoms with Gasteiger partial charge in [0.15, 0.2) is 12.4 Å². The zero-order valence-corrected chi connectivity index (χ0v) is 15.5. The van der Waals surface area contributed by atoms with Crippen LogP contribution >= 0.6 is 0 Å². The second kappa shape index (κ2) is 8.79. The molecule has 0 atom stereocenters. The molecule has 0 amide bonds. The molecular formula is C22H18N4O3. The molecule has 1 aromatic heterocycles. The number of hydrogen-bond donors (Lipinski definition) is 0. The van der Waals surface area contributed by atoms with Crippen molar-refractivity contribution in [1.82, 2.24) is 20.2 Å². The van der Waals surface area contributed by atoms with Gasteiger partial charge in [-0.15, -0.1) is 5.10 Å². The van der Waals surface area contributed by atoms with Crippen molar-refractivity contribution in [3.05, 3.63) is 102 Å². The Kier molecular flexibility index (Phi) is 5.57. The van der Waals surface area contributed by atoms with Crippen LogP contribution in [0.3, 0.4) is 0 Å². The van der Waals surface area contributed by atoms with Gasteiger partial charge in [-0.2, -0.15) is 4.68 Å². The molecule has 29 heavy (non-hydrogen) atoms. The third-order valence-electron chi connectivity index (χ3n) is 4.21. The molecule has 7 heteroatoms. The Labute approximate surface area is 167 Å². The van der Waals surface area contributed by atoms with Gasteiger partial charge in [0, 0.05) is 0 Å². The van der Waals surface area contributed by atoms with Gasteiger partial charge in [-0.25, -0.2) is 4.79 Å². The smallest absolute Gasteiger partial charge is 0.338 e. The van der Waals surface area contributed by atoms with Crippen LogP contribution in [-0.2, 0) is 18.0 Å². The van der Waals surface area contributed by atoms with E-state index in [-0.39, 0.29) is 6.61 Å². The quantitative estimate of drug-likeness (QED) is 0.452. The summed E-state index contributed by atoms with van der Waals surface area (Å²) < 4.78 is 12.6. The van der Waals surface area contributed by atoms with Gasteiger partial charge >= 0.3 is 5.97 Å². The fraction of sp³-hybridized carbons (Fsp3) is 0.0909. The lowest BCUT2D eigenvalue weighted by molar-refractivity contribution is 0.0459. The van der Waals surface area contributed by atoms with Crippen LogP contribution < -0.4 is 4.74 Å². The Morgan fingerprint density at radius 3 is 2.24 bits per heavy atom. The van der Waals surface area contributed by atoms with Crippen LogP contribution in [0.15, 0.2) is 84.9 Å². The lowest BCUT2D eigenvalue weighted by Crippen LogP contribution is -2.10. The lowest BCUT2D eigenvalue weighted by atomic mass is 10.2. The second-order valence-electron chi connectivity index (χ2n) is 6.22. The molecule has 1 heterocycles. The minimum Gasteiger partial charge on any atom is -0.489 e. The van der Waals surface area contributed by atoms with Crippen LogP contribution in [0.25, 0.3) is 5.69 Å². The molecule has 0 aliphatic heterocycles. The molecule has 0 unspecified atom stereocenters. The van der Waals surface area contributed by atoms with Crippen LogP contribution in [0.4, 0.5) is 0 Å². The summed E-state index contributed by atoms with van der Waals surface area (Å²) in [6.07, 6.45) is 0. The van der Waals surface area contributed by atoms with E-state index in [1.807, 2.05) is 60.7 Å².